The summed E-state index contributed by atoms with van der Waals surface area (Å²) in [4.78, 5) is 27.3. The van der Waals surface area contributed by atoms with Gasteiger partial charge in [-0.15, -0.1) is 5.10 Å². The molecule has 4 rings (SSSR count). The van der Waals surface area contributed by atoms with Gasteiger partial charge >= 0.3 is 0 Å². The van der Waals surface area contributed by atoms with Crippen LogP contribution in [0.1, 0.15) is 34.8 Å². The molecule has 1 atom stereocenters. The minimum Gasteiger partial charge on any atom is -0.497 e. The number of aromatic nitrogens is 4. The number of tetrazole rings is 1. The van der Waals surface area contributed by atoms with Crippen molar-refractivity contribution in [3.8, 4) is 5.75 Å². The molecule has 1 saturated heterocycles. The van der Waals surface area contributed by atoms with Crippen molar-refractivity contribution in [3.63, 3.8) is 0 Å². The molecule has 0 bridgehead atoms. The number of aryl methyl sites for hydroxylation is 1. The lowest BCUT2D eigenvalue weighted by Crippen LogP contribution is -2.30. The van der Waals surface area contributed by atoms with Crippen molar-refractivity contribution in [1.82, 2.24) is 25.1 Å². The largest absolute Gasteiger partial charge is 0.497 e. The van der Waals surface area contributed by atoms with Gasteiger partial charge in [-0.1, -0.05) is 23.9 Å². The first kappa shape index (κ1) is 21.8. The normalized spacial score (nSPS) is 15.6. The number of anilines is 1. The van der Waals surface area contributed by atoms with E-state index in [1.807, 2.05) is 29.2 Å². The molecule has 166 valence electrons. The third-order valence-corrected chi connectivity index (χ3v) is 6.35. The topological polar surface area (TPSA) is 102 Å². The SMILES string of the molecule is COc1ccc(C2CCCN2C(=O)c2ccc(NC(=O)CSc3nnnn3C)cc2)cc1. The number of likely N-dealkylation sites (tertiary alicyclic amines) is 1. The Balaban J connectivity index is 1.36. The minimum atomic E-state index is -0.170. The Morgan fingerprint density at radius 2 is 1.91 bits per heavy atom. The molecule has 1 unspecified atom stereocenters. The Hall–Kier alpha value is -3.40. The van der Waals surface area contributed by atoms with Crippen LogP contribution in [0.5, 0.6) is 5.75 Å². The highest BCUT2D eigenvalue weighted by Crippen LogP contribution is 2.34. The predicted octanol–water partition coefficient (Wildman–Crippen LogP) is 2.93. The molecule has 0 spiro atoms. The molecule has 1 fully saturated rings. The number of hydrogen-bond donors (Lipinski definition) is 1. The monoisotopic (exact) mass is 452 g/mol. The van der Waals surface area contributed by atoms with Gasteiger partial charge in [0, 0.05) is 24.8 Å². The number of nitrogens with zero attached hydrogens (tertiary/aromatic N) is 5. The average molecular weight is 453 g/mol. The second-order valence-electron chi connectivity index (χ2n) is 7.43. The highest BCUT2D eigenvalue weighted by atomic mass is 32.2. The number of hydrogen-bond acceptors (Lipinski definition) is 7. The van der Waals surface area contributed by atoms with Gasteiger partial charge in [0.05, 0.1) is 18.9 Å². The summed E-state index contributed by atoms with van der Waals surface area (Å²) < 4.78 is 6.74. The van der Waals surface area contributed by atoms with Gasteiger partial charge in [0.25, 0.3) is 5.91 Å². The molecule has 2 amide bonds. The standard InChI is InChI=1S/C22H24N6O3S/c1-27-22(24-25-26-27)32-14-20(29)23-17-9-5-16(6-10-17)21(30)28-13-3-4-19(28)15-7-11-18(31-2)12-8-15/h5-12,19H,3-4,13-14H2,1-2H3,(H,23,29). The number of ether oxygens (including phenoxy) is 1. The highest BCUT2D eigenvalue weighted by molar-refractivity contribution is 7.99. The Morgan fingerprint density at radius 3 is 2.56 bits per heavy atom. The molecule has 10 heteroatoms. The molecule has 0 radical (unpaired) electrons. The number of rotatable bonds is 7. The van der Waals surface area contributed by atoms with E-state index >= 15 is 0 Å². The maximum Gasteiger partial charge on any atom is 0.254 e. The van der Waals surface area contributed by atoms with E-state index in [2.05, 4.69) is 20.8 Å². The number of methoxy groups -OCH3 is 1. The van der Waals surface area contributed by atoms with Crippen molar-refractivity contribution in [2.24, 2.45) is 7.05 Å². The number of nitrogens with one attached hydrogen (secondary N) is 1. The Labute approximate surface area is 190 Å². The van der Waals surface area contributed by atoms with Gasteiger partial charge in [0.15, 0.2) is 0 Å². The van der Waals surface area contributed by atoms with Crippen molar-refractivity contribution < 1.29 is 14.3 Å². The molecular weight excluding hydrogens is 428 g/mol. The van der Waals surface area contributed by atoms with Crippen molar-refractivity contribution in [2.75, 3.05) is 24.7 Å². The number of thioether (sulfide) groups is 1. The van der Waals surface area contributed by atoms with Crippen LogP contribution in [-0.2, 0) is 11.8 Å². The predicted molar refractivity (Wildman–Crippen MR) is 121 cm³/mol. The summed E-state index contributed by atoms with van der Waals surface area (Å²) in [6, 6.07) is 14.9. The Kier molecular flexibility index (Phi) is 6.69. The number of amides is 2. The van der Waals surface area contributed by atoms with Crippen LogP contribution in [0.3, 0.4) is 0 Å². The first-order valence-corrected chi connectivity index (χ1v) is 11.2. The van der Waals surface area contributed by atoms with Crippen LogP contribution in [0.4, 0.5) is 5.69 Å². The molecule has 3 aromatic rings. The van der Waals surface area contributed by atoms with Crippen LogP contribution < -0.4 is 10.1 Å². The summed E-state index contributed by atoms with van der Waals surface area (Å²) in [6.07, 6.45) is 1.90. The lowest BCUT2D eigenvalue weighted by molar-refractivity contribution is -0.113. The zero-order valence-electron chi connectivity index (χ0n) is 17.9. The van der Waals surface area contributed by atoms with Gasteiger partial charge < -0.3 is 15.0 Å². The first-order chi connectivity index (χ1) is 15.5. The molecule has 2 aromatic carbocycles. The van der Waals surface area contributed by atoms with E-state index in [1.165, 1.54) is 16.4 Å². The van der Waals surface area contributed by atoms with E-state index in [9.17, 15) is 9.59 Å². The molecule has 1 aromatic heterocycles. The van der Waals surface area contributed by atoms with Crippen LogP contribution in [-0.4, -0.2) is 56.3 Å². The molecule has 1 aliphatic rings. The molecule has 1 N–H and O–H groups in total. The average Bonchev–Trinajstić information content (AvgIpc) is 3.47. The third-order valence-electron chi connectivity index (χ3n) is 5.34. The van der Waals surface area contributed by atoms with E-state index in [0.29, 0.717) is 16.4 Å². The fourth-order valence-electron chi connectivity index (χ4n) is 3.72. The number of carbonyl (C=O) groups is 2. The van der Waals surface area contributed by atoms with Crippen molar-refractivity contribution in [2.45, 2.75) is 24.0 Å². The fourth-order valence-corrected chi connectivity index (χ4v) is 4.37. The van der Waals surface area contributed by atoms with Gasteiger partial charge in [-0.05, 0) is 65.2 Å². The van der Waals surface area contributed by atoms with Crippen LogP contribution in [0.15, 0.2) is 53.7 Å². The first-order valence-electron chi connectivity index (χ1n) is 10.2. The van der Waals surface area contributed by atoms with Crippen molar-refractivity contribution in [1.29, 1.82) is 0 Å². The number of benzene rings is 2. The number of carbonyl (C=O) groups excluding carboxylic acids is 2. The Morgan fingerprint density at radius 1 is 1.16 bits per heavy atom. The van der Waals surface area contributed by atoms with Gasteiger partial charge in [-0.2, -0.15) is 0 Å². The van der Waals surface area contributed by atoms with E-state index < -0.39 is 0 Å². The lowest BCUT2D eigenvalue weighted by Gasteiger charge is -2.25. The summed E-state index contributed by atoms with van der Waals surface area (Å²) in [7, 11) is 3.36. The van der Waals surface area contributed by atoms with Gasteiger partial charge in [0.2, 0.25) is 11.1 Å². The van der Waals surface area contributed by atoms with Gasteiger partial charge in [-0.25, -0.2) is 4.68 Å². The second-order valence-corrected chi connectivity index (χ2v) is 8.37. The zero-order chi connectivity index (χ0) is 22.5. The maximum absolute atomic E-state index is 13.1. The molecule has 2 heterocycles. The summed E-state index contributed by atoms with van der Waals surface area (Å²) in [5, 5.41) is 14.5. The summed E-state index contributed by atoms with van der Waals surface area (Å²) in [5.41, 5.74) is 2.34. The lowest BCUT2D eigenvalue weighted by atomic mass is 10.0. The van der Waals surface area contributed by atoms with Gasteiger partial charge in [0.1, 0.15) is 5.75 Å². The summed E-state index contributed by atoms with van der Waals surface area (Å²) in [5.74, 6) is 0.809. The molecular formula is C22H24N6O3S. The van der Waals surface area contributed by atoms with Crippen LogP contribution in [0, 0.1) is 0 Å². The fraction of sp³-hybridized carbons (Fsp3) is 0.318. The maximum atomic E-state index is 13.1. The molecule has 1 aliphatic heterocycles. The quantitative estimate of drug-likeness (QED) is 0.550. The second kappa shape index (κ2) is 9.82. The van der Waals surface area contributed by atoms with Crippen molar-refractivity contribution >= 4 is 29.3 Å². The van der Waals surface area contributed by atoms with Crippen LogP contribution in [0.2, 0.25) is 0 Å². The molecule has 0 aliphatic carbocycles. The minimum absolute atomic E-state index is 0.00784. The third kappa shape index (κ3) is 4.91. The zero-order valence-corrected chi connectivity index (χ0v) is 18.7. The van der Waals surface area contributed by atoms with Crippen molar-refractivity contribution in [3.05, 3.63) is 59.7 Å². The van der Waals surface area contributed by atoms with Gasteiger partial charge in [-0.3, -0.25) is 9.59 Å². The van der Waals surface area contributed by atoms with E-state index in [4.69, 9.17) is 4.74 Å². The van der Waals surface area contributed by atoms with Crippen LogP contribution in [0.25, 0.3) is 0 Å². The van der Waals surface area contributed by atoms with E-state index in [1.54, 1.807) is 38.4 Å². The highest BCUT2D eigenvalue weighted by Gasteiger charge is 2.30. The molecule has 0 saturated carbocycles. The Bertz CT molecular complexity index is 1080. The van der Waals surface area contributed by atoms with E-state index in [-0.39, 0.29) is 23.6 Å². The smallest absolute Gasteiger partial charge is 0.254 e. The summed E-state index contributed by atoms with van der Waals surface area (Å²) >= 11 is 1.25. The van der Waals surface area contributed by atoms with E-state index in [0.717, 1.165) is 30.7 Å². The van der Waals surface area contributed by atoms with Crippen LogP contribution >= 0.6 is 11.8 Å². The molecule has 9 nitrogen and oxygen atoms in total. The summed E-state index contributed by atoms with van der Waals surface area (Å²) in [6.45, 7) is 0.724. The molecule has 32 heavy (non-hydrogen) atoms.